The number of aryl methyl sites for hydroxylation is 3. The maximum atomic E-state index is 12.7. The fraction of sp³-hybridized carbons (Fsp3) is 0.280. The molecule has 0 unspecified atom stereocenters. The van der Waals surface area contributed by atoms with Crippen LogP contribution in [0, 0.1) is 13.8 Å². The smallest absolute Gasteiger partial charge is 0.341 e. The minimum absolute atomic E-state index is 0.148. The minimum atomic E-state index is -0.455. The molecule has 0 saturated heterocycles. The van der Waals surface area contributed by atoms with E-state index in [0.29, 0.717) is 16.3 Å². The third-order valence-electron chi connectivity index (χ3n) is 4.90. The second-order valence-electron chi connectivity index (χ2n) is 7.23. The molecule has 0 atom stereocenters. The zero-order valence-corrected chi connectivity index (χ0v) is 19.1. The molecule has 162 valence electrons. The van der Waals surface area contributed by atoms with Crippen molar-refractivity contribution in [2.24, 2.45) is 0 Å². The topological polar surface area (TPSA) is 64.6 Å². The Morgan fingerprint density at radius 2 is 1.77 bits per heavy atom. The van der Waals surface area contributed by atoms with Gasteiger partial charge in [0.15, 0.2) is 6.61 Å². The summed E-state index contributed by atoms with van der Waals surface area (Å²) in [6, 6.07) is 13.9. The SMILES string of the molecule is CCOC(=O)c1c(-c2ccc(CC)cc2)csc1NC(=O)COc1cc(C)ccc1C. The fourth-order valence-corrected chi connectivity index (χ4v) is 4.13. The van der Waals surface area contributed by atoms with Crippen LogP contribution in [0.15, 0.2) is 47.8 Å². The van der Waals surface area contributed by atoms with E-state index in [-0.39, 0.29) is 19.1 Å². The minimum Gasteiger partial charge on any atom is -0.483 e. The summed E-state index contributed by atoms with van der Waals surface area (Å²) < 4.78 is 11.0. The van der Waals surface area contributed by atoms with Gasteiger partial charge in [-0.1, -0.05) is 43.3 Å². The van der Waals surface area contributed by atoms with Crippen LogP contribution in [0.25, 0.3) is 11.1 Å². The number of ether oxygens (including phenoxy) is 2. The highest BCUT2D eigenvalue weighted by atomic mass is 32.1. The highest BCUT2D eigenvalue weighted by molar-refractivity contribution is 7.15. The Labute approximate surface area is 187 Å². The van der Waals surface area contributed by atoms with Gasteiger partial charge in [-0.2, -0.15) is 0 Å². The van der Waals surface area contributed by atoms with Crippen molar-refractivity contribution in [2.75, 3.05) is 18.5 Å². The molecule has 2 aromatic carbocycles. The standard InChI is InChI=1S/C25H27NO4S/c1-5-18-9-11-19(12-10-18)20-15-31-24(23(20)25(28)29-6-2)26-22(27)14-30-21-13-16(3)7-8-17(21)4/h7-13,15H,5-6,14H2,1-4H3,(H,26,27). The van der Waals surface area contributed by atoms with E-state index in [9.17, 15) is 9.59 Å². The third kappa shape index (κ3) is 5.52. The first-order valence-electron chi connectivity index (χ1n) is 10.3. The molecular weight excluding hydrogens is 410 g/mol. The maximum Gasteiger partial charge on any atom is 0.341 e. The number of hydrogen-bond acceptors (Lipinski definition) is 5. The van der Waals surface area contributed by atoms with Gasteiger partial charge in [0.05, 0.1) is 6.61 Å². The van der Waals surface area contributed by atoms with Gasteiger partial charge < -0.3 is 14.8 Å². The first-order valence-corrected chi connectivity index (χ1v) is 11.2. The number of carbonyl (C=O) groups excluding carboxylic acids is 2. The molecule has 1 aromatic heterocycles. The van der Waals surface area contributed by atoms with Gasteiger partial charge in [0.1, 0.15) is 16.3 Å². The fourth-order valence-electron chi connectivity index (χ4n) is 3.16. The number of carbonyl (C=O) groups is 2. The first-order chi connectivity index (χ1) is 14.9. The van der Waals surface area contributed by atoms with E-state index in [1.54, 1.807) is 6.92 Å². The van der Waals surface area contributed by atoms with E-state index in [0.717, 1.165) is 28.7 Å². The normalized spacial score (nSPS) is 10.6. The van der Waals surface area contributed by atoms with E-state index < -0.39 is 5.97 Å². The van der Waals surface area contributed by atoms with E-state index in [1.165, 1.54) is 16.9 Å². The Kier molecular flexibility index (Phi) is 7.47. The first kappa shape index (κ1) is 22.6. The van der Waals surface area contributed by atoms with E-state index >= 15 is 0 Å². The summed E-state index contributed by atoms with van der Waals surface area (Å²) in [5.74, 6) is -0.117. The van der Waals surface area contributed by atoms with Gasteiger partial charge in [-0.3, -0.25) is 4.79 Å². The highest BCUT2D eigenvalue weighted by Gasteiger charge is 2.23. The Morgan fingerprint density at radius 3 is 2.45 bits per heavy atom. The van der Waals surface area contributed by atoms with Gasteiger partial charge in [0.2, 0.25) is 0 Å². The van der Waals surface area contributed by atoms with Crippen molar-refractivity contribution in [2.45, 2.75) is 34.1 Å². The molecule has 0 spiro atoms. The molecule has 0 fully saturated rings. The van der Waals surface area contributed by atoms with Crippen molar-refractivity contribution < 1.29 is 19.1 Å². The van der Waals surface area contributed by atoms with E-state index in [4.69, 9.17) is 9.47 Å². The van der Waals surface area contributed by atoms with Crippen LogP contribution in [0.4, 0.5) is 5.00 Å². The van der Waals surface area contributed by atoms with Crippen LogP contribution < -0.4 is 10.1 Å². The summed E-state index contributed by atoms with van der Waals surface area (Å²) in [6.45, 7) is 7.87. The molecule has 0 aliphatic rings. The second-order valence-corrected chi connectivity index (χ2v) is 8.11. The van der Waals surface area contributed by atoms with Crippen molar-refractivity contribution in [3.8, 4) is 16.9 Å². The average molecular weight is 438 g/mol. The molecule has 31 heavy (non-hydrogen) atoms. The third-order valence-corrected chi connectivity index (χ3v) is 5.79. The lowest BCUT2D eigenvalue weighted by Gasteiger charge is -2.11. The number of amides is 1. The predicted molar refractivity (Wildman–Crippen MR) is 125 cm³/mol. The maximum absolute atomic E-state index is 12.7. The van der Waals surface area contributed by atoms with Crippen molar-refractivity contribution in [3.05, 3.63) is 70.1 Å². The molecule has 0 saturated carbocycles. The molecule has 0 bridgehead atoms. The van der Waals surface area contributed by atoms with Crippen LogP contribution in [-0.2, 0) is 16.0 Å². The van der Waals surface area contributed by atoms with E-state index in [1.807, 2.05) is 61.7 Å². The monoisotopic (exact) mass is 437 g/mol. The predicted octanol–water partition coefficient (Wildman–Crippen LogP) is 5.79. The number of benzene rings is 2. The molecule has 6 heteroatoms. The van der Waals surface area contributed by atoms with Crippen molar-refractivity contribution in [1.82, 2.24) is 0 Å². The summed E-state index contributed by atoms with van der Waals surface area (Å²) in [4.78, 5) is 25.3. The van der Waals surface area contributed by atoms with E-state index in [2.05, 4.69) is 12.2 Å². The van der Waals surface area contributed by atoms with Crippen molar-refractivity contribution in [1.29, 1.82) is 0 Å². The quantitative estimate of drug-likeness (QED) is 0.453. The number of esters is 1. The molecule has 1 amide bonds. The molecule has 0 aliphatic carbocycles. The van der Waals surface area contributed by atoms with Crippen molar-refractivity contribution in [3.63, 3.8) is 0 Å². The van der Waals surface area contributed by atoms with Crippen LogP contribution in [0.3, 0.4) is 0 Å². The summed E-state index contributed by atoms with van der Waals surface area (Å²) in [7, 11) is 0. The Morgan fingerprint density at radius 1 is 1.03 bits per heavy atom. The molecule has 5 nitrogen and oxygen atoms in total. The molecule has 0 aliphatic heterocycles. The lowest BCUT2D eigenvalue weighted by atomic mass is 10.0. The van der Waals surface area contributed by atoms with Crippen LogP contribution >= 0.6 is 11.3 Å². The molecule has 3 aromatic rings. The molecular formula is C25H27NO4S. The summed E-state index contributed by atoms with van der Waals surface area (Å²) in [5.41, 5.74) is 5.26. The van der Waals surface area contributed by atoms with Gasteiger partial charge in [-0.25, -0.2) is 4.79 Å². The van der Waals surface area contributed by atoms with Gasteiger partial charge in [-0.05, 0) is 55.5 Å². The largest absolute Gasteiger partial charge is 0.483 e. The summed E-state index contributed by atoms with van der Waals surface area (Å²) >= 11 is 1.30. The molecule has 0 radical (unpaired) electrons. The molecule has 1 heterocycles. The zero-order chi connectivity index (χ0) is 22.4. The number of nitrogens with one attached hydrogen (secondary N) is 1. The Hall–Kier alpha value is -3.12. The second kappa shape index (κ2) is 10.3. The number of anilines is 1. The summed E-state index contributed by atoms with van der Waals surface area (Å²) in [6.07, 6.45) is 0.941. The van der Waals surface area contributed by atoms with Crippen molar-refractivity contribution >= 4 is 28.2 Å². The average Bonchev–Trinajstić information content (AvgIpc) is 3.18. The number of hydrogen-bond donors (Lipinski definition) is 1. The number of rotatable bonds is 8. The van der Waals surface area contributed by atoms with Gasteiger partial charge in [0.25, 0.3) is 5.91 Å². The molecule has 1 N–H and O–H groups in total. The number of thiophene rings is 1. The van der Waals surface area contributed by atoms with Crippen LogP contribution in [-0.4, -0.2) is 25.1 Å². The van der Waals surface area contributed by atoms with Crippen LogP contribution in [0.1, 0.15) is 40.9 Å². The van der Waals surface area contributed by atoms with Gasteiger partial charge in [0, 0.05) is 10.9 Å². The Bertz CT molecular complexity index is 1070. The Balaban J connectivity index is 1.81. The highest BCUT2D eigenvalue weighted by Crippen LogP contribution is 2.36. The lowest BCUT2D eigenvalue weighted by Crippen LogP contribution is -2.21. The summed E-state index contributed by atoms with van der Waals surface area (Å²) in [5, 5.41) is 5.15. The zero-order valence-electron chi connectivity index (χ0n) is 18.3. The van der Waals surface area contributed by atoms with Gasteiger partial charge >= 0.3 is 5.97 Å². The van der Waals surface area contributed by atoms with Crippen LogP contribution in [0.5, 0.6) is 5.75 Å². The lowest BCUT2D eigenvalue weighted by molar-refractivity contribution is -0.118. The van der Waals surface area contributed by atoms with Crippen LogP contribution in [0.2, 0.25) is 0 Å². The van der Waals surface area contributed by atoms with Gasteiger partial charge in [-0.15, -0.1) is 11.3 Å². The molecule has 3 rings (SSSR count).